The first kappa shape index (κ1) is 18.0. The number of ether oxygens (including phenoxy) is 1. The smallest absolute Gasteiger partial charge is 0.155 e. The van der Waals surface area contributed by atoms with Crippen molar-refractivity contribution in [2.75, 3.05) is 12.4 Å². The molecule has 0 aliphatic carbocycles. The van der Waals surface area contributed by atoms with Crippen molar-refractivity contribution in [2.45, 2.75) is 45.4 Å². The van der Waals surface area contributed by atoms with Crippen molar-refractivity contribution in [3.8, 4) is 5.75 Å². The van der Waals surface area contributed by atoms with Crippen molar-refractivity contribution in [1.82, 2.24) is 0 Å². The van der Waals surface area contributed by atoms with E-state index in [1.54, 1.807) is 6.92 Å². The van der Waals surface area contributed by atoms with E-state index < -0.39 is 15.9 Å². The number of hydrogen-bond acceptors (Lipinski definition) is 4. The molecule has 0 radical (unpaired) electrons. The summed E-state index contributed by atoms with van der Waals surface area (Å²) in [6, 6.07) is 6.85. The fourth-order valence-electron chi connectivity index (χ4n) is 1.94. The standard InChI is InChI=1S/C16H27NO3S/c1-5-10-20-15-8-6-14(7-9-15)16(17)11-21(18,19)13(4)12(2)3/h6-9,12-13,16H,5,10-11,17H2,1-4H3. The van der Waals surface area contributed by atoms with Crippen LogP contribution < -0.4 is 10.5 Å². The lowest BCUT2D eigenvalue weighted by Gasteiger charge is -2.19. The van der Waals surface area contributed by atoms with Gasteiger partial charge < -0.3 is 10.5 Å². The number of rotatable bonds is 8. The maximum atomic E-state index is 12.3. The van der Waals surface area contributed by atoms with Crippen LogP contribution in [0.4, 0.5) is 0 Å². The summed E-state index contributed by atoms with van der Waals surface area (Å²) in [4.78, 5) is 0. The van der Waals surface area contributed by atoms with E-state index in [0.29, 0.717) is 6.61 Å². The maximum absolute atomic E-state index is 12.3. The van der Waals surface area contributed by atoms with Crippen LogP contribution in [0.1, 0.15) is 45.7 Å². The minimum Gasteiger partial charge on any atom is -0.494 e. The Balaban J connectivity index is 2.73. The summed E-state index contributed by atoms with van der Waals surface area (Å²) < 4.78 is 30.0. The molecule has 2 unspecified atom stereocenters. The molecule has 2 N–H and O–H groups in total. The molecule has 5 heteroatoms. The number of benzene rings is 1. The zero-order valence-corrected chi connectivity index (χ0v) is 14.2. The summed E-state index contributed by atoms with van der Waals surface area (Å²) in [5, 5.41) is -0.379. The molecule has 1 rings (SSSR count). The van der Waals surface area contributed by atoms with Gasteiger partial charge in [0.15, 0.2) is 9.84 Å². The predicted molar refractivity (Wildman–Crippen MR) is 87.2 cm³/mol. The van der Waals surface area contributed by atoms with Crippen LogP contribution in [0.2, 0.25) is 0 Å². The topological polar surface area (TPSA) is 69.4 Å². The molecule has 0 saturated carbocycles. The molecule has 1 aromatic carbocycles. The first-order valence-electron chi connectivity index (χ1n) is 7.47. The van der Waals surface area contributed by atoms with Gasteiger partial charge in [0.2, 0.25) is 0 Å². The lowest BCUT2D eigenvalue weighted by molar-refractivity contribution is 0.317. The monoisotopic (exact) mass is 313 g/mol. The Morgan fingerprint density at radius 3 is 2.19 bits per heavy atom. The molecule has 0 spiro atoms. The molecule has 1 aromatic rings. The molecule has 0 saturated heterocycles. The van der Waals surface area contributed by atoms with Crippen LogP contribution in [0.5, 0.6) is 5.75 Å². The Bertz CT molecular complexity index is 523. The normalized spacial score (nSPS) is 15.0. The van der Waals surface area contributed by atoms with Crippen molar-refractivity contribution in [3.63, 3.8) is 0 Å². The highest BCUT2D eigenvalue weighted by Crippen LogP contribution is 2.21. The van der Waals surface area contributed by atoms with Crippen LogP contribution in [0.3, 0.4) is 0 Å². The van der Waals surface area contributed by atoms with E-state index in [-0.39, 0.29) is 16.9 Å². The van der Waals surface area contributed by atoms with E-state index in [4.69, 9.17) is 10.5 Å². The van der Waals surface area contributed by atoms with E-state index in [2.05, 4.69) is 0 Å². The molecule has 0 bridgehead atoms. The van der Waals surface area contributed by atoms with Gasteiger partial charge in [-0.1, -0.05) is 32.9 Å². The summed E-state index contributed by atoms with van der Waals surface area (Å²) in [6.45, 7) is 8.28. The van der Waals surface area contributed by atoms with Gasteiger partial charge in [0.1, 0.15) is 5.75 Å². The zero-order chi connectivity index (χ0) is 16.0. The lowest BCUT2D eigenvalue weighted by Crippen LogP contribution is -2.31. The van der Waals surface area contributed by atoms with E-state index in [0.717, 1.165) is 17.7 Å². The lowest BCUT2D eigenvalue weighted by atomic mass is 10.1. The van der Waals surface area contributed by atoms with Crippen molar-refractivity contribution in [2.24, 2.45) is 11.7 Å². The molecule has 2 atom stereocenters. The molecule has 0 aliphatic rings. The maximum Gasteiger partial charge on any atom is 0.155 e. The Kier molecular flexibility index (Phi) is 6.68. The quantitative estimate of drug-likeness (QED) is 0.801. The van der Waals surface area contributed by atoms with Crippen LogP contribution in [0.25, 0.3) is 0 Å². The first-order valence-corrected chi connectivity index (χ1v) is 9.19. The summed E-state index contributed by atoms with van der Waals surface area (Å²) in [7, 11) is -3.19. The molecule has 4 nitrogen and oxygen atoms in total. The third-order valence-corrected chi connectivity index (χ3v) is 6.20. The average Bonchev–Trinajstić information content (AvgIpc) is 2.44. The molecular formula is C16H27NO3S. The highest BCUT2D eigenvalue weighted by Gasteiger charge is 2.26. The van der Waals surface area contributed by atoms with Gasteiger partial charge in [0, 0.05) is 6.04 Å². The second-order valence-corrected chi connectivity index (χ2v) is 8.21. The first-order chi connectivity index (χ1) is 9.77. The van der Waals surface area contributed by atoms with E-state index in [1.165, 1.54) is 0 Å². The Morgan fingerprint density at radius 1 is 1.14 bits per heavy atom. The van der Waals surface area contributed by atoms with Gasteiger partial charge in [-0.25, -0.2) is 8.42 Å². The molecule has 0 aromatic heterocycles. The number of hydrogen-bond donors (Lipinski definition) is 1. The second kappa shape index (κ2) is 7.80. The summed E-state index contributed by atoms with van der Waals surface area (Å²) in [5.74, 6) is 0.847. The molecule has 0 fully saturated rings. The minimum absolute atomic E-state index is 0.0263. The van der Waals surface area contributed by atoms with Crippen molar-refractivity contribution in [1.29, 1.82) is 0 Å². The zero-order valence-electron chi connectivity index (χ0n) is 13.4. The Morgan fingerprint density at radius 2 is 1.71 bits per heavy atom. The van der Waals surface area contributed by atoms with Crippen LogP contribution in [-0.2, 0) is 9.84 Å². The molecule has 21 heavy (non-hydrogen) atoms. The van der Waals surface area contributed by atoms with Gasteiger partial charge in [-0.3, -0.25) is 0 Å². The van der Waals surface area contributed by atoms with Gasteiger partial charge in [-0.2, -0.15) is 0 Å². The molecule has 0 heterocycles. The number of nitrogens with two attached hydrogens (primary N) is 1. The predicted octanol–water partition coefficient (Wildman–Crippen LogP) is 2.93. The van der Waals surface area contributed by atoms with Crippen molar-refractivity contribution >= 4 is 9.84 Å². The highest BCUT2D eigenvalue weighted by atomic mass is 32.2. The van der Waals surface area contributed by atoms with E-state index in [1.807, 2.05) is 45.0 Å². The molecule has 0 amide bonds. The number of sulfone groups is 1. The molecule has 120 valence electrons. The average molecular weight is 313 g/mol. The third-order valence-electron chi connectivity index (χ3n) is 3.70. The van der Waals surface area contributed by atoms with Crippen LogP contribution in [0, 0.1) is 5.92 Å². The van der Waals surface area contributed by atoms with Crippen molar-refractivity contribution in [3.05, 3.63) is 29.8 Å². The van der Waals surface area contributed by atoms with Gasteiger partial charge >= 0.3 is 0 Å². The molecular weight excluding hydrogens is 286 g/mol. The fraction of sp³-hybridized carbons (Fsp3) is 0.625. The largest absolute Gasteiger partial charge is 0.494 e. The van der Waals surface area contributed by atoms with Crippen molar-refractivity contribution < 1.29 is 13.2 Å². The van der Waals surface area contributed by atoms with Crippen LogP contribution in [0.15, 0.2) is 24.3 Å². The van der Waals surface area contributed by atoms with Gasteiger partial charge in [-0.05, 0) is 37.0 Å². The third kappa shape index (κ3) is 5.32. The summed E-state index contributed by atoms with van der Waals surface area (Å²) in [6.07, 6.45) is 0.951. The fourth-order valence-corrected chi connectivity index (χ4v) is 3.77. The molecule has 0 aliphatic heterocycles. The van der Waals surface area contributed by atoms with Crippen LogP contribution in [-0.4, -0.2) is 26.0 Å². The van der Waals surface area contributed by atoms with Gasteiger partial charge in [-0.15, -0.1) is 0 Å². The highest BCUT2D eigenvalue weighted by molar-refractivity contribution is 7.92. The summed E-state index contributed by atoms with van der Waals surface area (Å²) >= 11 is 0. The SMILES string of the molecule is CCCOc1ccc(C(N)CS(=O)(=O)C(C)C(C)C)cc1. The van der Waals surface area contributed by atoms with E-state index >= 15 is 0 Å². The Hall–Kier alpha value is -1.07. The van der Waals surface area contributed by atoms with Crippen LogP contribution >= 0.6 is 0 Å². The summed E-state index contributed by atoms with van der Waals surface area (Å²) in [5.41, 5.74) is 6.87. The second-order valence-electron chi connectivity index (χ2n) is 5.80. The minimum atomic E-state index is -3.19. The van der Waals surface area contributed by atoms with Gasteiger partial charge in [0.05, 0.1) is 17.6 Å². The Labute approximate surface area is 128 Å². The van der Waals surface area contributed by atoms with Gasteiger partial charge in [0.25, 0.3) is 0 Å². The van der Waals surface area contributed by atoms with E-state index in [9.17, 15) is 8.42 Å².